The van der Waals surface area contributed by atoms with E-state index in [1.807, 2.05) is 13.8 Å². The second-order valence-electron chi connectivity index (χ2n) is 3.77. The zero-order valence-electron chi connectivity index (χ0n) is 9.58. The maximum Gasteiger partial charge on any atom is 0.316 e. The molecule has 6 nitrogen and oxygen atoms in total. The number of amides is 2. The normalized spacial score (nSPS) is 15.3. The van der Waals surface area contributed by atoms with E-state index >= 15 is 0 Å². The monoisotopic (exact) mass is 227 g/mol. The summed E-state index contributed by atoms with van der Waals surface area (Å²) in [6.45, 7) is 5.26. The summed E-state index contributed by atoms with van der Waals surface area (Å²) in [6.07, 6.45) is 2.03. The highest BCUT2D eigenvalue weighted by atomic mass is 16.5. The van der Waals surface area contributed by atoms with E-state index in [1.165, 1.54) is 0 Å². The Balaban J connectivity index is 2.09. The van der Waals surface area contributed by atoms with Gasteiger partial charge in [-0.3, -0.25) is 25.2 Å². The predicted molar refractivity (Wildman–Crippen MR) is 58.9 cm³/mol. The molecule has 16 heavy (non-hydrogen) atoms. The van der Waals surface area contributed by atoms with Gasteiger partial charge in [0.15, 0.2) is 0 Å². The summed E-state index contributed by atoms with van der Waals surface area (Å²) in [5, 5.41) is 4.66. The van der Waals surface area contributed by atoms with Gasteiger partial charge in [0, 0.05) is 13.2 Å². The van der Waals surface area contributed by atoms with E-state index in [2.05, 4.69) is 15.6 Å². The van der Waals surface area contributed by atoms with Crippen molar-refractivity contribution in [2.24, 2.45) is 4.99 Å². The lowest BCUT2D eigenvalue weighted by atomic mass is 10.3. The molecule has 0 spiro atoms. The average molecular weight is 227 g/mol. The highest BCUT2D eigenvalue weighted by Crippen LogP contribution is 1.95. The first kappa shape index (κ1) is 12.6. The molecule has 2 N–H and O–H groups in total. The van der Waals surface area contributed by atoms with Gasteiger partial charge in [0.05, 0.1) is 6.10 Å². The number of nitrogens with zero attached hydrogens (tertiary/aromatic N) is 1. The molecule has 1 aliphatic rings. The lowest BCUT2D eigenvalue weighted by Crippen LogP contribution is -2.25. The van der Waals surface area contributed by atoms with Crippen molar-refractivity contribution in [3.63, 3.8) is 0 Å². The molecular formula is C10H17N3O3. The number of guanidine groups is 1. The molecule has 0 bridgehead atoms. The zero-order valence-corrected chi connectivity index (χ0v) is 9.58. The number of unbranched alkanes of at least 4 members (excludes halogenated alkanes) is 1. The molecule has 0 unspecified atom stereocenters. The van der Waals surface area contributed by atoms with Crippen LogP contribution in [0.1, 0.15) is 26.7 Å². The van der Waals surface area contributed by atoms with Crippen molar-refractivity contribution in [2.75, 3.05) is 13.2 Å². The third kappa shape index (κ3) is 4.39. The maximum atomic E-state index is 10.8. The van der Waals surface area contributed by atoms with E-state index in [0.29, 0.717) is 13.2 Å². The van der Waals surface area contributed by atoms with Crippen molar-refractivity contribution < 1.29 is 14.3 Å². The molecule has 0 aliphatic carbocycles. The fraction of sp³-hybridized carbons (Fsp3) is 0.700. The molecule has 0 atom stereocenters. The van der Waals surface area contributed by atoms with E-state index in [1.54, 1.807) is 0 Å². The molecule has 1 rings (SSSR count). The average Bonchev–Trinajstić information content (AvgIpc) is 2.52. The minimum absolute atomic E-state index is 0.250. The Labute approximate surface area is 94.4 Å². The van der Waals surface area contributed by atoms with E-state index in [9.17, 15) is 9.59 Å². The van der Waals surface area contributed by atoms with E-state index in [4.69, 9.17) is 4.74 Å². The molecule has 1 aliphatic heterocycles. The number of carbonyl (C=O) groups excluding carboxylic acids is 2. The fourth-order valence-electron chi connectivity index (χ4n) is 1.16. The van der Waals surface area contributed by atoms with Gasteiger partial charge in [0.25, 0.3) is 0 Å². The van der Waals surface area contributed by atoms with Crippen LogP contribution in [0.15, 0.2) is 4.99 Å². The highest BCUT2D eigenvalue weighted by Gasteiger charge is 2.24. The number of hydrogen-bond acceptors (Lipinski definition) is 4. The van der Waals surface area contributed by atoms with Gasteiger partial charge in [0.1, 0.15) is 0 Å². The van der Waals surface area contributed by atoms with Crippen LogP contribution in [0, 0.1) is 0 Å². The molecule has 1 fully saturated rings. The van der Waals surface area contributed by atoms with Crippen LogP contribution in [-0.4, -0.2) is 37.0 Å². The first-order valence-corrected chi connectivity index (χ1v) is 5.38. The standard InChI is InChI=1S/C10H17N3O3/c1-7(2)16-6-4-3-5-11-10-12-8(14)9(15)13-10/h7H,3-6H2,1-2H3,(H2,11,12,13,14,15). The van der Waals surface area contributed by atoms with Crippen LogP contribution in [0.5, 0.6) is 0 Å². The van der Waals surface area contributed by atoms with Crippen molar-refractivity contribution in [1.29, 1.82) is 0 Å². The molecule has 1 saturated heterocycles. The SMILES string of the molecule is CC(C)OCCCCN=C1NC(=O)C(=O)N1. The highest BCUT2D eigenvalue weighted by molar-refractivity contribution is 6.45. The van der Waals surface area contributed by atoms with E-state index in [0.717, 1.165) is 12.8 Å². The smallest absolute Gasteiger partial charge is 0.316 e. The molecule has 90 valence electrons. The lowest BCUT2D eigenvalue weighted by molar-refractivity contribution is -0.135. The summed E-state index contributed by atoms with van der Waals surface area (Å²) in [7, 11) is 0. The van der Waals surface area contributed by atoms with Crippen LogP contribution in [0.25, 0.3) is 0 Å². The largest absolute Gasteiger partial charge is 0.379 e. The fourth-order valence-corrected chi connectivity index (χ4v) is 1.16. The molecule has 0 aromatic rings. The zero-order chi connectivity index (χ0) is 12.0. The topological polar surface area (TPSA) is 79.8 Å². The molecule has 0 aromatic carbocycles. The van der Waals surface area contributed by atoms with Crippen LogP contribution in [0.2, 0.25) is 0 Å². The summed E-state index contributed by atoms with van der Waals surface area (Å²) in [5.41, 5.74) is 0. The summed E-state index contributed by atoms with van der Waals surface area (Å²) in [4.78, 5) is 25.6. The van der Waals surface area contributed by atoms with Gasteiger partial charge < -0.3 is 4.74 Å². The van der Waals surface area contributed by atoms with Crippen LogP contribution >= 0.6 is 0 Å². The Morgan fingerprint density at radius 3 is 2.38 bits per heavy atom. The summed E-state index contributed by atoms with van der Waals surface area (Å²) < 4.78 is 5.36. The van der Waals surface area contributed by atoms with Gasteiger partial charge in [-0.1, -0.05) is 0 Å². The number of aliphatic imine (C=N–C) groups is 1. The number of ether oxygens (including phenoxy) is 1. The van der Waals surface area contributed by atoms with Crippen molar-refractivity contribution in [3.05, 3.63) is 0 Å². The van der Waals surface area contributed by atoms with Gasteiger partial charge in [0.2, 0.25) is 5.96 Å². The molecule has 0 radical (unpaired) electrons. The van der Waals surface area contributed by atoms with Crippen LogP contribution in [0.3, 0.4) is 0 Å². The maximum absolute atomic E-state index is 10.8. The van der Waals surface area contributed by atoms with Crippen LogP contribution in [0.4, 0.5) is 0 Å². The Hall–Kier alpha value is -1.43. The second kappa shape index (κ2) is 6.22. The van der Waals surface area contributed by atoms with Gasteiger partial charge in [-0.25, -0.2) is 0 Å². The minimum Gasteiger partial charge on any atom is -0.379 e. The van der Waals surface area contributed by atoms with Gasteiger partial charge >= 0.3 is 11.8 Å². The van der Waals surface area contributed by atoms with E-state index < -0.39 is 11.8 Å². The summed E-state index contributed by atoms with van der Waals surface area (Å²) in [5.74, 6) is -1.05. The third-order valence-electron chi connectivity index (χ3n) is 1.94. The van der Waals surface area contributed by atoms with Gasteiger partial charge in [-0.2, -0.15) is 0 Å². The van der Waals surface area contributed by atoms with Gasteiger partial charge in [-0.05, 0) is 26.7 Å². The Bertz CT molecular complexity index is 282. The molecule has 6 heteroatoms. The predicted octanol–water partition coefficient (Wildman–Crippen LogP) is -0.206. The first-order valence-electron chi connectivity index (χ1n) is 5.38. The second-order valence-corrected chi connectivity index (χ2v) is 3.77. The molecule has 2 amide bonds. The molecule has 0 saturated carbocycles. The van der Waals surface area contributed by atoms with E-state index in [-0.39, 0.29) is 12.1 Å². The number of nitrogens with one attached hydrogen (secondary N) is 2. The first-order chi connectivity index (χ1) is 7.59. The minimum atomic E-state index is -0.651. The van der Waals surface area contributed by atoms with Crippen LogP contribution < -0.4 is 10.6 Å². The van der Waals surface area contributed by atoms with Gasteiger partial charge in [-0.15, -0.1) is 0 Å². The molecular weight excluding hydrogens is 210 g/mol. The van der Waals surface area contributed by atoms with Crippen LogP contribution in [-0.2, 0) is 14.3 Å². The molecule has 0 aromatic heterocycles. The summed E-state index contributed by atoms with van der Waals surface area (Å²) in [6, 6.07) is 0. The van der Waals surface area contributed by atoms with Crippen molar-refractivity contribution in [1.82, 2.24) is 10.6 Å². The van der Waals surface area contributed by atoms with Crippen molar-refractivity contribution in [3.8, 4) is 0 Å². The van der Waals surface area contributed by atoms with Crippen molar-refractivity contribution >= 4 is 17.8 Å². The quantitative estimate of drug-likeness (QED) is 0.487. The Morgan fingerprint density at radius 1 is 1.19 bits per heavy atom. The Morgan fingerprint density at radius 2 is 1.81 bits per heavy atom. The number of carbonyl (C=O) groups is 2. The number of hydrogen-bond donors (Lipinski definition) is 2. The van der Waals surface area contributed by atoms with Crippen molar-refractivity contribution in [2.45, 2.75) is 32.8 Å². The number of rotatable bonds is 6. The summed E-state index contributed by atoms with van der Waals surface area (Å²) >= 11 is 0. The molecule has 1 heterocycles. The third-order valence-corrected chi connectivity index (χ3v) is 1.94. The Kier molecular flexibility index (Phi) is 4.91. The lowest BCUT2D eigenvalue weighted by Gasteiger charge is -2.05.